The second kappa shape index (κ2) is 7.04. The Morgan fingerprint density at radius 2 is 1.76 bits per heavy atom. The molecule has 0 aliphatic rings. The number of hydrogen-bond acceptors (Lipinski definition) is 4. The van der Waals surface area contributed by atoms with E-state index in [1.165, 1.54) is 29.5 Å². The maximum absolute atomic E-state index is 11.2. The third-order valence-electron chi connectivity index (χ3n) is 3.04. The van der Waals surface area contributed by atoms with Crippen LogP contribution in [0.5, 0.6) is 0 Å². The fourth-order valence-electron chi connectivity index (χ4n) is 1.90. The van der Waals surface area contributed by atoms with Crippen molar-refractivity contribution in [3.8, 4) is 0 Å². The van der Waals surface area contributed by atoms with Gasteiger partial charge in [0.15, 0.2) is 0 Å². The van der Waals surface area contributed by atoms with Crippen molar-refractivity contribution in [2.24, 2.45) is 0 Å². The van der Waals surface area contributed by atoms with Crippen molar-refractivity contribution in [2.75, 3.05) is 0 Å². The molecule has 2 rings (SSSR count). The van der Waals surface area contributed by atoms with Crippen molar-refractivity contribution in [3.63, 3.8) is 0 Å². The van der Waals surface area contributed by atoms with E-state index in [0.29, 0.717) is 6.42 Å². The van der Waals surface area contributed by atoms with Crippen molar-refractivity contribution in [2.45, 2.75) is 23.5 Å². The summed E-state index contributed by atoms with van der Waals surface area (Å²) in [6.45, 7) is 2.02. The minimum atomic E-state index is -0.429. The molecule has 108 valence electrons. The Kier molecular flexibility index (Phi) is 5.11. The van der Waals surface area contributed by atoms with Crippen LogP contribution >= 0.6 is 11.8 Å². The first-order chi connectivity index (χ1) is 10.1. The molecule has 0 aliphatic carbocycles. The highest BCUT2D eigenvalue weighted by molar-refractivity contribution is 8.00. The van der Waals surface area contributed by atoms with Gasteiger partial charge in [0, 0.05) is 17.0 Å². The number of thioether (sulfide) groups is 1. The summed E-state index contributed by atoms with van der Waals surface area (Å²) in [7, 11) is 0. The molecule has 0 saturated carbocycles. The Labute approximate surface area is 127 Å². The van der Waals surface area contributed by atoms with Gasteiger partial charge >= 0.3 is 0 Å². The summed E-state index contributed by atoms with van der Waals surface area (Å²) < 4.78 is 0. The molecule has 0 radical (unpaired) electrons. The van der Waals surface area contributed by atoms with Crippen molar-refractivity contribution in [3.05, 3.63) is 69.8 Å². The fourth-order valence-corrected chi connectivity index (χ4v) is 2.87. The third kappa shape index (κ3) is 4.43. The number of aldehydes is 1. The van der Waals surface area contributed by atoms with Gasteiger partial charge in [-0.2, -0.15) is 0 Å². The van der Waals surface area contributed by atoms with Gasteiger partial charge in [-0.3, -0.25) is 10.1 Å². The summed E-state index contributed by atoms with van der Waals surface area (Å²) in [4.78, 5) is 22.4. The summed E-state index contributed by atoms with van der Waals surface area (Å²) in [6, 6.07) is 14.3. The maximum atomic E-state index is 11.2. The van der Waals surface area contributed by atoms with Crippen LogP contribution in [-0.4, -0.2) is 16.5 Å². The lowest BCUT2D eigenvalue weighted by Gasteiger charge is -2.10. The highest BCUT2D eigenvalue weighted by atomic mass is 32.2. The number of rotatable bonds is 6. The molecule has 0 bridgehead atoms. The highest BCUT2D eigenvalue weighted by Gasteiger charge is 2.12. The van der Waals surface area contributed by atoms with Crippen LogP contribution in [-0.2, 0) is 11.2 Å². The standard InChI is InChI=1S/C16H15NO3S/c1-12-2-8-15(9-3-12)21-16(11-18)10-13-4-6-14(7-5-13)17(19)20/h2-9,11,16H,10H2,1H3. The molecule has 1 unspecified atom stereocenters. The third-order valence-corrected chi connectivity index (χ3v) is 4.17. The molecule has 2 aromatic carbocycles. The van der Waals surface area contributed by atoms with Crippen LogP contribution in [0.25, 0.3) is 0 Å². The molecule has 0 aliphatic heterocycles. The zero-order chi connectivity index (χ0) is 15.2. The van der Waals surface area contributed by atoms with Crippen LogP contribution in [0.15, 0.2) is 53.4 Å². The predicted molar refractivity (Wildman–Crippen MR) is 83.7 cm³/mol. The number of non-ortho nitro benzene ring substituents is 1. The lowest BCUT2D eigenvalue weighted by molar-refractivity contribution is -0.384. The van der Waals surface area contributed by atoms with E-state index in [2.05, 4.69) is 0 Å². The van der Waals surface area contributed by atoms with Crippen LogP contribution in [0.2, 0.25) is 0 Å². The zero-order valence-electron chi connectivity index (χ0n) is 11.6. The number of carbonyl (C=O) groups excluding carboxylic acids is 1. The van der Waals surface area contributed by atoms with Crippen LogP contribution in [0, 0.1) is 17.0 Å². The van der Waals surface area contributed by atoms with Gasteiger partial charge in [0.1, 0.15) is 6.29 Å². The fraction of sp³-hybridized carbons (Fsp3) is 0.188. The van der Waals surface area contributed by atoms with Crippen LogP contribution < -0.4 is 0 Å². The Morgan fingerprint density at radius 1 is 1.14 bits per heavy atom. The molecule has 0 heterocycles. The molecule has 0 N–H and O–H groups in total. The van der Waals surface area contributed by atoms with Gasteiger partial charge < -0.3 is 4.79 Å². The molecule has 4 nitrogen and oxygen atoms in total. The molecule has 0 spiro atoms. The quantitative estimate of drug-likeness (QED) is 0.352. The summed E-state index contributed by atoms with van der Waals surface area (Å²) in [5, 5.41) is 10.4. The first-order valence-electron chi connectivity index (χ1n) is 6.50. The van der Waals surface area contributed by atoms with Crippen LogP contribution in [0.1, 0.15) is 11.1 Å². The van der Waals surface area contributed by atoms with Crippen molar-refractivity contribution < 1.29 is 9.72 Å². The number of nitrogens with zero attached hydrogens (tertiary/aromatic N) is 1. The highest BCUT2D eigenvalue weighted by Crippen LogP contribution is 2.25. The molecular weight excluding hydrogens is 286 g/mol. The van der Waals surface area contributed by atoms with Crippen molar-refractivity contribution in [1.29, 1.82) is 0 Å². The van der Waals surface area contributed by atoms with E-state index in [4.69, 9.17) is 0 Å². The molecule has 21 heavy (non-hydrogen) atoms. The predicted octanol–water partition coefficient (Wildman–Crippen LogP) is 3.81. The number of aryl methyl sites for hydroxylation is 1. The summed E-state index contributed by atoms with van der Waals surface area (Å²) in [5.41, 5.74) is 2.15. The Balaban J connectivity index is 2.03. The van der Waals surface area contributed by atoms with Crippen LogP contribution in [0.3, 0.4) is 0 Å². The van der Waals surface area contributed by atoms with E-state index in [9.17, 15) is 14.9 Å². The molecule has 2 aromatic rings. The summed E-state index contributed by atoms with van der Waals surface area (Å²) in [5.74, 6) is 0. The van der Waals surface area contributed by atoms with Gasteiger partial charge in [0.25, 0.3) is 5.69 Å². The molecule has 0 amide bonds. The minimum absolute atomic E-state index is 0.0626. The van der Waals surface area contributed by atoms with Crippen molar-refractivity contribution >= 4 is 23.7 Å². The average molecular weight is 301 g/mol. The van der Waals surface area contributed by atoms with Crippen LogP contribution in [0.4, 0.5) is 5.69 Å². The second-order valence-electron chi connectivity index (χ2n) is 4.73. The van der Waals surface area contributed by atoms with E-state index in [0.717, 1.165) is 16.7 Å². The Bertz CT molecular complexity index is 623. The minimum Gasteiger partial charge on any atom is -0.302 e. The maximum Gasteiger partial charge on any atom is 0.269 e. The number of nitro groups is 1. The SMILES string of the molecule is Cc1ccc(SC(C=O)Cc2ccc([N+](=O)[O-])cc2)cc1. The smallest absolute Gasteiger partial charge is 0.269 e. The van der Waals surface area contributed by atoms with E-state index >= 15 is 0 Å². The van der Waals surface area contributed by atoms with E-state index in [1.54, 1.807) is 12.1 Å². The Morgan fingerprint density at radius 3 is 2.29 bits per heavy atom. The molecule has 0 fully saturated rings. The summed E-state index contributed by atoms with van der Waals surface area (Å²) in [6.07, 6.45) is 1.48. The van der Waals surface area contributed by atoms with Gasteiger partial charge in [0.05, 0.1) is 10.2 Å². The number of nitro benzene ring substituents is 1. The molecule has 5 heteroatoms. The normalized spacial score (nSPS) is 11.9. The molecule has 0 saturated heterocycles. The lowest BCUT2D eigenvalue weighted by Crippen LogP contribution is -2.08. The van der Waals surface area contributed by atoms with Gasteiger partial charge in [-0.25, -0.2) is 0 Å². The molecular formula is C16H15NO3S. The monoisotopic (exact) mass is 301 g/mol. The zero-order valence-corrected chi connectivity index (χ0v) is 12.4. The number of carbonyl (C=O) groups is 1. The number of hydrogen-bond donors (Lipinski definition) is 0. The van der Waals surface area contributed by atoms with E-state index in [-0.39, 0.29) is 10.9 Å². The first kappa shape index (κ1) is 15.3. The van der Waals surface area contributed by atoms with Gasteiger partial charge in [-0.1, -0.05) is 29.8 Å². The van der Waals surface area contributed by atoms with Gasteiger partial charge in [-0.05, 0) is 31.0 Å². The topological polar surface area (TPSA) is 60.2 Å². The second-order valence-corrected chi connectivity index (χ2v) is 6.05. The van der Waals surface area contributed by atoms with E-state index in [1.807, 2.05) is 31.2 Å². The summed E-state index contributed by atoms with van der Waals surface area (Å²) >= 11 is 1.50. The lowest BCUT2D eigenvalue weighted by atomic mass is 10.1. The largest absolute Gasteiger partial charge is 0.302 e. The van der Waals surface area contributed by atoms with Gasteiger partial charge in [0.2, 0.25) is 0 Å². The van der Waals surface area contributed by atoms with Gasteiger partial charge in [-0.15, -0.1) is 11.8 Å². The van der Waals surface area contributed by atoms with Crippen molar-refractivity contribution in [1.82, 2.24) is 0 Å². The molecule has 0 aromatic heterocycles. The number of benzene rings is 2. The first-order valence-corrected chi connectivity index (χ1v) is 7.38. The average Bonchev–Trinajstić information content (AvgIpc) is 2.49. The molecule has 1 atom stereocenters. The van der Waals surface area contributed by atoms with E-state index < -0.39 is 4.92 Å². The Hall–Kier alpha value is -2.14.